The summed E-state index contributed by atoms with van der Waals surface area (Å²) in [5.74, 6) is -0.171. The van der Waals surface area contributed by atoms with Gasteiger partial charge in [0.25, 0.3) is 0 Å². The van der Waals surface area contributed by atoms with E-state index in [-0.39, 0.29) is 11.9 Å². The predicted molar refractivity (Wildman–Crippen MR) is 88.0 cm³/mol. The van der Waals surface area contributed by atoms with Crippen molar-refractivity contribution < 1.29 is 4.39 Å². The van der Waals surface area contributed by atoms with Gasteiger partial charge in [-0.15, -0.1) is 0 Å². The van der Waals surface area contributed by atoms with Crippen LogP contribution in [0.2, 0.25) is 0 Å². The van der Waals surface area contributed by atoms with Crippen molar-refractivity contribution in [1.29, 1.82) is 0 Å². The average molecular weight is 349 g/mol. The third kappa shape index (κ3) is 3.11. The highest BCUT2D eigenvalue weighted by Crippen LogP contribution is 2.30. The molecule has 0 fully saturated rings. The van der Waals surface area contributed by atoms with Gasteiger partial charge in [0, 0.05) is 29.3 Å². The number of nitrogens with zero attached hydrogens (tertiary/aromatic N) is 1. The van der Waals surface area contributed by atoms with E-state index in [1.54, 1.807) is 6.07 Å². The van der Waals surface area contributed by atoms with Gasteiger partial charge >= 0.3 is 0 Å². The normalized spacial score (nSPS) is 15.1. The lowest BCUT2D eigenvalue weighted by atomic mass is 10.0. The van der Waals surface area contributed by atoms with Crippen LogP contribution in [0.15, 0.2) is 46.9 Å². The minimum absolute atomic E-state index is 0.0156. The van der Waals surface area contributed by atoms with Gasteiger partial charge in [0.15, 0.2) is 0 Å². The van der Waals surface area contributed by atoms with Gasteiger partial charge in [0.1, 0.15) is 5.82 Å². The van der Waals surface area contributed by atoms with Gasteiger partial charge in [-0.1, -0.05) is 40.2 Å². The van der Waals surface area contributed by atoms with Gasteiger partial charge in [-0.25, -0.2) is 4.39 Å². The standard InChI is InChI=1S/C17H18BrFN2/c18-15-4-2-1-3-14(15)16(20)8-10-21-9-7-12-5-6-13(19)11-17(12)21/h1-6,11,16H,7-10,20H2. The summed E-state index contributed by atoms with van der Waals surface area (Å²) in [6, 6.07) is 13.1. The molecule has 1 aliphatic heterocycles. The summed E-state index contributed by atoms with van der Waals surface area (Å²) in [4.78, 5) is 2.23. The molecular weight excluding hydrogens is 331 g/mol. The Hall–Kier alpha value is -1.39. The number of hydrogen-bond acceptors (Lipinski definition) is 2. The molecule has 0 saturated carbocycles. The molecule has 1 atom stereocenters. The first-order valence-corrected chi connectivity index (χ1v) is 7.98. The minimum Gasteiger partial charge on any atom is -0.371 e. The predicted octanol–water partition coefficient (Wildman–Crippen LogP) is 4.04. The van der Waals surface area contributed by atoms with Crippen LogP contribution in [0.1, 0.15) is 23.6 Å². The van der Waals surface area contributed by atoms with Crippen LogP contribution in [0, 0.1) is 5.82 Å². The third-order valence-electron chi connectivity index (χ3n) is 4.05. The van der Waals surface area contributed by atoms with E-state index in [9.17, 15) is 4.39 Å². The summed E-state index contributed by atoms with van der Waals surface area (Å²) in [6.07, 6.45) is 1.83. The molecule has 21 heavy (non-hydrogen) atoms. The molecule has 2 N–H and O–H groups in total. The van der Waals surface area contributed by atoms with Gasteiger partial charge in [0.2, 0.25) is 0 Å². The summed E-state index contributed by atoms with van der Waals surface area (Å²) in [5, 5.41) is 0. The zero-order valence-electron chi connectivity index (χ0n) is 11.7. The number of anilines is 1. The van der Waals surface area contributed by atoms with E-state index in [2.05, 4.69) is 20.8 Å². The molecule has 0 saturated heterocycles. The molecule has 2 aromatic carbocycles. The van der Waals surface area contributed by atoms with Crippen LogP contribution in [0.4, 0.5) is 10.1 Å². The summed E-state index contributed by atoms with van der Waals surface area (Å²) in [5.41, 5.74) is 9.66. The van der Waals surface area contributed by atoms with Gasteiger partial charge in [0.05, 0.1) is 0 Å². The number of hydrogen-bond donors (Lipinski definition) is 1. The van der Waals surface area contributed by atoms with Crippen molar-refractivity contribution in [2.75, 3.05) is 18.0 Å². The van der Waals surface area contributed by atoms with Gasteiger partial charge in [-0.05, 0) is 42.2 Å². The lowest BCUT2D eigenvalue weighted by Gasteiger charge is -2.22. The van der Waals surface area contributed by atoms with Crippen molar-refractivity contribution in [2.24, 2.45) is 5.73 Å². The fourth-order valence-corrected chi connectivity index (χ4v) is 3.46. The molecule has 2 aromatic rings. The Morgan fingerprint density at radius 2 is 2.05 bits per heavy atom. The quantitative estimate of drug-likeness (QED) is 0.903. The molecule has 4 heteroatoms. The van der Waals surface area contributed by atoms with Gasteiger partial charge in [-0.3, -0.25) is 0 Å². The van der Waals surface area contributed by atoms with Crippen LogP contribution >= 0.6 is 15.9 Å². The number of fused-ring (bicyclic) bond motifs is 1. The first-order chi connectivity index (χ1) is 10.1. The Bertz CT molecular complexity index is 644. The van der Waals surface area contributed by atoms with Crippen LogP contribution in [0.5, 0.6) is 0 Å². The first kappa shape index (κ1) is 14.5. The first-order valence-electron chi connectivity index (χ1n) is 7.18. The maximum Gasteiger partial charge on any atom is 0.125 e. The number of benzene rings is 2. The molecule has 1 aliphatic rings. The lowest BCUT2D eigenvalue weighted by molar-refractivity contribution is 0.621. The Labute approximate surface area is 132 Å². The molecule has 0 aromatic heterocycles. The Morgan fingerprint density at radius 3 is 2.86 bits per heavy atom. The molecule has 0 aliphatic carbocycles. The second-order valence-corrected chi connectivity index (χ2v) is 6.28. The van der Waals surface area contributed by atoms with Crippen LogP contribution in [-0.2, 0) is 6.42 Å². The van der Waals surface area contributed by atoms with E-state index in [0.29, 0.717) is 0 Å². The smallest absolute Gasteiger partial charge is 0.125 e. The summed E-state index contributed by atoms with van der Waals surface area (Å²) in [7, 11) is 0. The monoisotopic (exact) mass is 348 g/mol. The fourth-order valence-electron chi connectivity index (χ4n) is 2.88. The summed E-state index contributed by atoms with van der Waals surface area (Å²) >= 11 is 3.54. The van der Waals surface area contributed by atoms with Crippen molar-refractivity contribution in [3.63, 3.8) is 0 Å². The zero-order chi connectivity index (χ0) is 14.8. The van der Waals surface area contributed by atoms with E-state index in [1.807, 2.05) is 30.3 Å². The van der Waals surface area contributed by atoms with Crippen LogP contribution in [-0.4, -0.2) is 13.1 Å². The van der Waals surface area contributed by atoms with E-state index in [1.165, 1.54) is 11.6 Å². The molecule has 2 nitrogen and oxygen atoms in total. The second kappa shape index (κ2) is 6.16. The van der Waals surface area contributed by atoms with Crippen LogP contribution in [0.25, 0.3) is 0 Å². The number of halogens is 2. The Morgan fingerprint density at radius 1 is 1.24 bits per heavy atom. The van der Waals surface area contributed by atoms with Crippen LogP contribution in [0.3, 0.4) is 0 Å². The van der Waals surface area contributed by atoms with Crippen molar-refractivity contribution in [1.82, 2.24) is 0 Å². The lowest BCUT2D eigenvalue weighted by Crippen LogP contribution is -2.25. The minimum atomic E-state index is -0.171. The van der Waals surface area contributed by atoms with Gasteiger partial charge < -0.3 is 10.6 Å². The molecule has 3 rings (SSSR count). The van der Waals surface area contributed by atoms with Crippen molar-refractivity contribution in [2.45, 2.75) is 18.9 Å². The summed E-state index contributed by atoms with van der Waals surface area (Å²) < 4.78 is 14.4. The van der Waals surface area contributed by atoms with Crippen molar-refractivity contribution in [3.8, 4) is 0 Å². The topological polar surface area (TPSA) is 29.3 Å². The average Bonchev–Trinajstić information content (AvgIpc) is 2.87. The second-order valence-electron chi connectivity index (χ2n) is 5.43. The molecule has 1 unspecified atom stereocenters. The molecular formula is C17H18BrFN2. The van der Waals surface area contributed by atoms with E-state index in [0.717, 1.165) is 41.7 Å². The molecule has 0 bridgehead atoms. The number of rotatable bonds is 4. The number of nitrogens with two attached hydrogens (primary N) is 1. The van der Waals surface area contributed by atoms with Crippen LogP contribution < -0.4 is 10.6 Å². The van der Waals surface area contributed by atoms with E-state index in [4.69, 9.17) is 5.73 Å². The van der Waals surface area contributed by atoms with Gasteiger partial charge in [-0.2, -0.15) is 0 Å². The molecule has 110 valence electrons. The van der Waals surface area contributed by atoms with E-state index < -0.39 is 0 Å². The molecule has 0 amide bonds. The summed E-state index contributed by atoms with van der Waals surface area (Å²) in [6.45, 7) is 1.79. The maximum atomic E-state index is 13.4. The SMILES string of the molecule is NC(CCN1CCc2ccc(F)cc21)c1ccccc1Br. The fraction of sp³-hybridized carbons (Fsp3) is 0.294. The largest absolute Gasteiger partial charge is 0.371 e. The Balaban J connectivity index is 1.67. The highest BCUT2D eigenvalue weighted by atomic mass is 79.9. The third-order valence-corrected chi connectivity index (χ3v) is 4.78. The van der Waals surface area contributed by atoms with Crippen molar-refractivity contribution in [3.05, 3.63) is 63.9 Å². The van der Waals surface area contributed by atoms with E-state index >= 15 is 0 Å². The Kier molecular flexibility index (Phi) is 4.27. The molecule has 1 heterocycles. The highest BCUT2D eigenvalue weighted by Gasteiger charge is 2.20. The molecule has 0 spiro atoms. The highest BCUT2D eigenvalue weighted by molar-refractivity contribution is 9.10. The molecule has 0 radical (unpaired) electrons. The maximum absolute atomic E-state index is 13.4. The van der Waals surface area contributed by atoms with Crippen molar-refractivity contribution >= 4 is 21.6 Å². The zero-order valence-corrected chi connectivity index (χ0v) is 13.3.